The summed E-state index contributed by atoms with van der Waals surface area (Å²) in [7, 11) is 4.86. The molecule has 1 N–H and O–H groups in total. The van der Waals surface area contributed by atoms with Crippen LogP contribution in [0.15, 0.2) is 332 Å². The van der Waals surface area contributed by atoms with E-state index in [9.17, 15) is 43.2 Å². The molecule has 0 spiro atoms. The Balaban J connectivity index is 0.000000136. The van der Waals surface area contributed by atoms with E-state index in [0.717, 1.165) is 77.2 Å². The second-order valence-electron chi connectivity index (χ2n) is 26.8. The minimum atomic E-state index is -0.532. The van der Waals surface area contributed by atoms with Crippen molar-refractivity contribution in [2.45, 2.75) is 107 Å². The summed E-state index contributed by atoms with van der Waals surface area (Å²) >= 11 is 4.78. The molecule has 0 saturated heterocycles. The highest BCUT2D eigenvalue weighted by molar-refractivity contribution is 8.00. The van der Waals surface area contributed by atoms with E-state index in [1.54, 1.807) is 107 Å². The number of hydrogen-bond acceptors (Lipinski definition) is 22. The number of fused-ring (bicyclic) bond motifs is 4. The Morgan fingerprint density at radius 2 is 0.778 bits per heavy atom. The van der Waals surface area contributed by atoms with Crippen molar-refractivity contribution in [3.63, 3.8) is 0 Å². The third-order valence-corrected chi connectivity index (χ3v) is 22.8. The molecule has 0 fully saturated rings. The fourth-order valence-electron chi connectivity index (χ4n) is 12.6. The minimum absolute atomic E-state index is 0.177. The Hall–Kier alpha value is -13.3. The number of anilines is 1. The summed E-state index contributed by atoms with van der Waals surface area (Å²) in [5.74, 6) is 1.25. The number of nitrogens with zero attached hydrogens (tertiary/aromatic N) is 8. The van der Waals surface area contributed by atoms with E-state index in [-0.39, 0.29) is 44.2 Å². The van der Waals surface area contributed by atoms with Gasteiger partial charge in [0.2, 0.25) is 11.1 Å². The number of hydrogen-bond donors (Lipinski definition) is 1. The topological polar surface area (TPSA) is 300 Å². The van der Waals surface area contributed by atoms with Gasteiger partial charge in [-0.05, 0) is 163 Å². The van der Waals surface area contributed by atoms with Crippen LogP contribution in [-0.2, 0) is 38.0 Å². The van der Waals surface area contributed by atoms with Gasteiger partial charge in [0.05, 0.1) is 71.7 Å². The summed E-state index contributed by atoms with van der Waals surface area (Å²) in [5, 5.41) is 15.8. The first-order valence-electron chi connectivity index (χ1n) is 36.4. The number of methoxy groups -OCH3 is 2. The molecule has 590 valence electrons. The van der Waals surface area contributed by atoms with Crippen LogP contribution in [0.25, 0.3) is 43.9 Å². The zero-order valence-corrected chi connectivity index (χ0v) is 67.9. The molecule has 0 aliphatic heterocycles. The van der Waals surface area contributed by atoms with Gasteiger partial charge in [0, 0.05) is 81.4 Å². The van der Waals surface area contributed by atoms with Crippen LogP contribution < -0.4 is 59.5 Å². The Kier molecular flexibility index (Phi) is 25.8. The van der Waals surface area contributed by atoms with Crippen LogP contribution in [-0.4, -0.2) is 58.6 Å². The molecule has 16 aromatic rings. The predicted octanol–water partition coefficient (Wildman–Crippen LogP) is 15.7. The van der Waals surface area contributed by atoms with Crippen LogP contribution in [0.1, 0.15) is 57.5 Å². The van der Waals surface area contributed by atoms with E-state index in [1.807, 2.05) is 204 Å². The molecule has 28 heteroatoms. The van der Waals surface area contributed by atoms with Gasteiger partial charge in [-0.25, -0.2) is 23.9 Å². The van der Waals surface area contributed by atoms with Crippen molar-refractivity contribution < 1.29 is 31.9 Å². The molecule has 0 aliphatic carbocycles. The quantitative estimate of drug-likeness (QED) is 0.0786. The van der Waals surface area contributed by atoms with E-state index in [2.05, 4.69) is 20.8 Å². The smallest absolute Gasteiger partial charge is 0.350 e. The van der Waals surface area contributed by atoms with E-state index in [4.69, 9.17) is 27.1 Å². The maximum Gasteiger partial charge on any atom is 0.350 e. The molecule has 16 rings (SSSR count). The molecule has 0 saturated carbocycles. The summed E-state index contributed by atoms with van der Waals surface area (Å²) < 4.78 is 40.4. The monoisotopic (exact) mass is 1640 g/mol. The fourth-order valence-corrected chi connectivity index (χ4v) is 16.0. The molecule has 7 aromatic carbocycles. The number of benzene rings is 7. The van der Waals surface area contributed by atoms with Crippen LogP contribution in [0, 0.1) is 34.6 Å². The molecule has 24 nitrogen and oxygen atoms in total. The van der Waals surface area contributed by atoms with Crippen molar-refractivity contribution >= 4 is 103 Å². The van der Waals surface area contributed by atoms with Crippen LogP contribution in [0.2, 0.25) is 0 Å². The number of pyridine rings is 4. The normalized spacial score (nSPS) is 11.0. The van der Waals surface area contributed by atoms with Gasteiger partial charge in [-0.1, -0.05) is 169 Å². The molecule has 0 bridgehead atoms. The largest absolute Gasteiger partial charge is 0.497 e. The maximum absolute atomic E-state index is 13.4. The fraction of sp³-hybridized carbons (Fsp3) is 0.146. The summed E-state index contributed by atoms with van der Waals surface area (Å²) in [6.07, 6.45) is 0. The molecular formula is C89H75N9O15S4. The number of amides is 1. The molecule has 1 amide bonds. The average Bonchev–Trinajstić information content (AvgIpc) is 0.863. The number of ether oxygens (including phenoxy) is 2. The Morgan fingerprint density at radius 1 is 0.393 bits per heavy atom. The van der Waals surface area contributed by atoms with E-state index >= 15 is 0 Å². The number of tetrazole rings is 1. The summed E-state index contributed by atoms with van der Waals surface area (Å²) in [6.45, 7) is 12.3. The first-order valence-corrected chi connectivity index (χ1v) is 39.7. The lowest BCUT2D eigenvalue weighted by Crippen LogP contribution is -2.24. The van der Waals surface area contributed by atoms with Crippen molar-refractivity contribution in [2.75, 3.05) is 19.5 Å². The average molecular weight is 1640 g/mol. The third kappa shape index (κ3) is 19.6. The molecule has 0 atom stereocenters. The minimum Gasteiger partial charge on any atom is -0.497 e. The van der Waals surface area contributed by atoms with Gasteiger partial charge in [-0.3, -0.25) is 24.0 Å². The van der Waals surface area contributed by atoms with E-state index < -0.39 is 22.5 Å². The van der Waals surface area contributed by atoms with Gasteiger partial charge in [0.1, 0.15) is 43.6 Å². The summed E-state index contributed by atoms with van der Waals surface area (Å²) in [6, 6.07) is 72.6. The first-order chi connectivity index (χ1) is 56.4. The number of aromatic nitrogens is 8. The zero-order valence-electron chi connectivity index (χ0n) is 64.7. The van der Waals surface area contributed by atoms with Gasteiger partial charge in [-0.2, -0.15) is 0 Å². The number of carbonyl (C=O) groups is 1. The molecule has 9 heterocycles. The number of rotatable bonds is 19. The number of nitrogens with one attached hydrogen (secondary N) is 1. The molecule has 9 aromatic heterocycles. The van der Waals surface area contributed by atoms with Crippen LogP contribution >= 0.6 is 47.0 Å². The van der Waals surface area contributed by atoms with Gasteiger partial charge >= 0.3 is 22.5 Å². The standard InChI is InChI=1S/C25H22N2O4S.2C23H19NO4S.C18H15N5O3S/c1-15-12-21-22(24(29)27(15)14-18-8-5-4-6-9-18)16(2)23(25(30)31-21)32-20-11-7-10-19(13-20)26-17(3)28;1-15-11-20-19(22(25)24(15)14-16-7-4-3-5-8-16)13-21(23(26)28-20)29-18-10-6-9-17(12-18)27-2;1-15-12-20-19(22(25)24(15)14-16-6-4-3-5-7-16)13-21(23(26)28-20)29-18-10-8-17(27-2)9-11-18;1-11-8-14-13(16(24)23(11)10-12-6-4-3-5-7-12)9-15(17(25)26-14)27-18-19-20-21-22(18)2/h4-13H,14H2,1-3H3,(H,26,28);2*3-13H,14H2,1-2H3;3-9H,10H2,1-2H3. The number of aryl methyl sites for hydroxylation is 6. The Morgan fingerprint density at radius 3 is 1.19 bits per heavy atom. The van der Waals surface area contributed by atoms with Gasteiger partial charge in [0.25, 0.3) is 22.2 Å². The van der Waals surface area contributed by atoms with Crippen LogP contribution in [0.3, 0.4) is 0 Å². The molecule has 0 unspecified atom stereocenters. The Labute approximate surface area is 684 Å². The summed E-state index contributed by atoms with van der Waals surface area (Å²) in [4.78, 5) is 118. The highest BCUT2D eigenvalue weighted by Crippen LogP contribution is 2.34. The van der Waals surface area contributed by atoms with Crippen LogP contribution in [0.4, 0.5) is 5.69 Å². The lowest BCUT2D eigenvalue weighted by Gasteiger charge is -2.14. The maximum atomic E-state index is 13.4. The molecule has 0 radical (unpaired) electrons. The van der Waals surface area contributed by atoms with E-state index in [1.165, 1.54) is 46.9 Å². The molecular weight excluding hydrogens is 1560 g/mol. The van der Waals surface area contributed by atoms with Crippen molar-refractivity contribution in [1.29, 1.82) is 0 Å². The first kappa shape index (κ1) is 81.7. The van der Waals surface area contributed by atoms with Crippen LogP contribution in [0.5, 0.6) is 11.5 Å². The SMILES string of the molecule is CC(=O)Nc1cccc(Sc2c(C)c3c(=O)n(Cc4ccccc4)c(C)cc3oc2=O)c1.COc1ccc(Sc2cc3c(=O)n(Cc4ccccc4)c(C)cc3oc2=O)cc1.COc1cccc(Sc2cc3c(=O)n(Cc4ccccc4)c(C)cc3oc2=O)c1.Cc1cc2oc(=O)c(Sc3nnnn3C)cc2c(=O)n1Cc1ccccc1. The summed E-state index contributed by atoms with van der Waals surface area (Å²) in [5.41, 5.74) is 6.66. The highest BCUT2D eigenvalue weighted by atomic mass is 32.2. The van der Waals surface area contributed by atoms with Gasteiger partial charge in [-0.15, -0.1) is 5.10 Å². The molecule has 0 aliphatic rings. The van der Waals surface area contributed by atoms with Crippen molar-refractivity contribution in [3.8, 4) is 11.5 Å². The second kappa shape index (κ2) is 36.9. The lowest BCUT2D eigenvalue weighted by atomic mass is 10.1. The Bertz CT molecular complexity index is 6910. The van der Waals surface area contributed by atoms with Gasteiger partial charge < -0.3 is 50.7 Å². The van der Waals surface area contributed by atoms with Crippen molar-refractivity contribution in [1.82, 2.24) is 38.5 Å². The highest BCUT2D eigenvalue weighted by Gasteiger charge is 2.22. The van der Waals surface area contributed by atoms with E-state index in [0.29, 0.717) is 95.7 Å². The predicted molar refractivity (Wildman–Crippen MR) is 455 cm³/mol. The number of carbonyl (C=O) groups excluding carboxylic acids is 1. The zero-order chi connectivity index (χ0) is 82.6. The van der Waals surface area contributed by atoms with Crippen molar-refractivity contribution in [2.24, 2.45) is 7.05 Å². The molecule has 117 heavy (non-hydrogen) atoms. The lowest BCUT2D eigenvalue weighted by molar-refractivity contribution is -0.114. The van der Waals surface area contributed by atoms with Gasteiger partial charge in [0.15, 0.2) is 0 Å². The third-order valence-electron chi connectivity index (χ3n) is 18.6. The van der Waals surface area contributed by atoms with Crippen molar-refractivity contribution in [3.05, 3.63) is 370 Å². The second-order valence-corrected chi connectivity index (χ2v) is 31.1.